The normalized spacial score (nSPS) is 18.8. The first-order chi connectivity index (χ1) is 13.2. The summed E-state index contributed by atoms with van der Waals surface area (Å²) in [5.74, 6) is 2.44. The summed E-state index contributed by atoms with van der Waals surface area (Å²) < 4.78 is 5.71. The number of aromatic nitrogens is 1. The number of rotatable bonds is 4. The SMILES string of the molecule is Cc1ccc(CN=C(N)NC2CCOc3ccccc32)c(N2CCCC2)n1.I. The van der Waals surface area contributed by atoms with Crippen LogP contribution in [0.5, 0.6) is 5.75 Å². The Morgan fingerprint density at radius 2 is 2.04 bits per heavy atom. The lowest BCUT2D eigenvalue weighted by atomic mass is 10.0. The number of hydrogen-bond donors (Lipinski definition) is 2. The van der Waals surface area contributed by atoms with Crippen molar-refractivity contribution >= 4 is 35.8 Å². The van der Waals surface area contributed by atoms with Gasteiger partial charge in [0.2, 0.25) is 0 Å². The van der Waals surface area contributed by atoms with E-state index >= 15 is 0 Å². The standard InChI is InChI=1S/C21H27N5O.HI/c1-15-8-9-16(20(24-15)26-11-4-5-12-26)14-23-21(22)25-18-10-13-27-19-7-3-2-6-17(18)19;/h2-3,6-9,18H,4-5,10-14H2,1H3,(H3,22,23,25);1H. The van der Waals surface area contributed by atoms with Crippen molar-refractivity contribution in [3.05, 3.63) is 53.2 Å². The molecule has 2 aromatic rings. The molecule has 2 aliphatic heterocycles. The summed E-state index contributed by atoms with van der Waals surface area (Å²) >= 11 is 0. The number of ether oxygens (including phenoxy) is 1. The quantitative estimate of drug-likeness (QED) is 0.387. The Kier molecular flexibility index (Phi) is 6.98. The van der Waals surface area contributed by atoms with E-state index in [1.165, 1.54) is 12.8 Å². The van der Waals surface area contributed by atoms with E-state index in [1.54, 1.807) is 0 Å². The summed E-state index contributed by atoms with van der Waals surface area (Å²) in [4.78, 5) is 11.7. The maximum Gasteiger partial charge on any atom is 0.189 e. The molecule has 0 bridgehead atoms. The van der Waals surface area contributed by atoms with Gasteiger partial charge in [0.15, 0.2) is 5.96 Å². The molecule has 7 heteroatoms. The van der Waals surface area contributed by atoms with Gasteiger partial charge in [-0.3, -0.25) is 0 Å². The fraction of sp³-hybridized carbons (Fsp3) is 0.429. The summed E-state index contributed by atoms with van der Waals surface area (Å²) in [5.41, 5.74) is 9.50. The lowest BCUT2D eigenvalue weighted by Crippen LogP contribution is -2.37. The van der Waals surface area contributed by atoms with Gasteiger partial charge in [-0.25, -0.2) is 9.98 Å². The molecule has 1 aromatic carbocycles. The third-order valence-electron chi connectivity index (χ3n) is 5.20. The van der Waals surface area contributed by atoms with Gasteiger partial charge in [0, 0.05) is 36.3 Å². The van der Waals surface area contributed by atoms with E-state index < -0.39 is 0 Å². The minimum atomic E-state index is 0. The number of pyridine rings is 1. The number of benzene rings is 1. The lowest BCUT2D eigenvalue weighted by Gasteiger charge is -2.27. The molecular weight excluding hydrogens is 465 g/mol. The zero-order valence-electron chi connectivity index (χ0n) is 16.2. The molecule has 1 fully saturated rings. The van der Waals surface area contributed by atoms with Crippen molar-refractivity contribution in [1.82, 2.24) is 10.3 Å². The van der Waals surface area contributed by atoms with Crippen LogP contribution in [0.4, 0.5) is 5.82 Å². The highest BCUT2D eigenvalue weighted by Crippen LogP contribution is 2.31. The number of aryl methyl sites for hydroxylation is 1. The lowest BCUT2D eigenvalue weighted by molar-refractivity contribution is 0.262. The third kappa shape index (κ3) is 4.68. The van der Waals surface area contributed by atoms with Crippen molar-refractivity contribution in [1.29, 1.82) is 0 Å². The first-order valence-corrected chi connectivity index (χ1v) is 9.70. The second kappa shape index (κ2) is 9.45. The molecule has 1 atom stereocenters. The summed E-state index contributed by atoms with van der Waals surface area (Å²) in [6, 6.07) is 12.4. The van der Waals surface area contributed by atoms with Crippen molar-refractivity contribution in [2.75, 3.05) is 24.6 Å². The minimum Gasteiger partial charge on any atom is -0.493 e. The molecule has 150 valence electrons. The van der Waals surface area contributed by atoms with Crippen molar-refractivity contribution in [2.24, 2.45) is 10.7 Å². The number of anilines is 1. The topological polar surface area (TPSA) is 75.8 Å². The summed E-state index contributed by atoms with van der Waals surface area (Å²) in [6.07, 6.45) is 3.33. The maximum absolute atomic E-state index is 6.21. The van der Waals surface area contributed by atoms with E-state index in [1.807, 2.05) is 31.2 Å². The molecule has 0 radical (unpaired) electrons. The van der Waals surface area contributed by atoms with Crippen LogP contribution in [-0.4, -0.2) is 30.6 Å². The molecule has 0 saturated carbocycles. The van der Waals surface area contributed by atoms with Crippen LogP contribution in [0.1, 0.15) is 42.1 Å². The zero-order chi connectivity index (χ0) is 18.6. The first-order valence-electron chi connectivity index (χ1n) is 9.70. The highest BCUT2D eigenvalue weighted by Gasteiger charge is 2.21. The van der Waals surface area contributed by atoms with E-state index in [4.69, 9.17) is 15.5 Å². The fourth-order valence-electron chi connectivity index (χ4n) is 3.78. The average molecular weight is 493 g/mol. The molecule has 3 heterocycles. The number of nitrogens with two attached hydrogens (primary N) is 1. The van der Waals surface area contributed by atoms with Crippen LogP contribution in [-0.2, 0) is 6.54 Å². The monoisotopic (exact) mass is 493 g/mol. The number of fused-ring (bicyclic) bond motifs is 1. The number of para-hydroxylation sites is 1. The molecule has 0 spiro atoms. The molecule has 2 aliphatic rings. The van der Waals surface area contributed by atoms with Gasteiger partial charge in [-0.15, -0.1) is 24.0 Å². The predicted octanol–water partition coefficient (Wildman–Crippen LogP) is 3.54. The Balaban J connectivity index is 0.00000225. The van der Waals surface area contributed by atoms with Gasteiger partial charge >= 0.3 is 0 Å². The Bertz CT molecular complexity index is 835. The minimum absolute atomic E-state index is 0. The molecular formula is C21H28IN5O. The van der Waals surface area contributed by atoms with Crippen molar-refractivity contribution < 1.29 is 4.74 Å². The van der Waals surface area contributed by atoms with Gasteiger partial charge in [0.05, 0.1) is 19.2 Å². The fourth-order valence-corrected chi connectivity index (χ4v) is 3.78. The zero-order valence-corrected chi connectivity index (χ0v) is 18.6. The second-order valence-electron chi connectivity index (χ2n) is 7.20. The average Bonchev–Trinajstić information content (AvgIpc) is 3.22. The highest BCUT2D eigenvalue weighted by atomic mass is 127. The number of guanidine groups is 1. The summed E-state index contributed by atoms with van der Waals surface area (Å²) in [6.45, 7) is 5.39. The van der Waals surface area contributed by atoms with Crippen LogP contribution < -0.4 is 20.7 Å². The second-order valence-corrected chi connectivity index (χ2v) is 7.20. The Morgan fingerprint density at radius 3 is 2.86 bits per heavy atom. The largest absolute Gasteiger partial charge is 0.493 e. The molecule has 6 nitrogen and oxygen atoms in total. The van der Waals surface area contributed by atoms with Crippen LogP contribution in [0.2, 0.25) is 0 Å². The smallest absolute Gasteiger partial charge is 0.189 e. The molecule has 4 rings (SSSR count). The van der Waals surface area contributed by atoms with Gasteiger partial charge in [-0.05, 0) is 31.9 Å². The van der Waals surface area contributed by atoms with E-state index in [0.717, 1.165) is 47.9 Å². The van der Waals surface area contributed by atoms with E-state index in [9.17, 15) is 0 Å². The van der Waals surface area contributed by atoms with Crippen LogP contribution in [0.15, 0.2) is 41.4 Å². The number of nitrogens with one attached hydrogen (secondary N) is 1. The molecule has 3 N–H and O–H groups in total. The molecule has 1 aromatic heterocycles. The molecule has 0 aliphatic carbocycles. The molecule has 28 heavy (non-hydrogen) atoms. The maximum atomic E-state index is 6.21. The van der Waals surface area contributed by atoms with Crippen molar-refractivity contribution in [3.63, 3.8) is 0 Å². The first kappa shape index (κ1) is 20.7. The molecule has 1 unspecified atom stereocenters. The Hall–Kier alpha value is -2.03. The molecule has 1 saturated heterocycles. The predicted molar refractivity (Wildman–Crippen MR) is 124 cm³/mol. The van der Waals surface area contributed by atoms with Crippen molar-refractivity contribution in [3.8, 4) is 5.75 Å². The summed E-state index contributed by atoms with van der Waals surface area (Å²) in [7, 11) is 0. The van der Waals surface area contributed by atoms with Crippen LogP contribution in [0.3, 0.4) is 0 Å². The number of hydrogen-bond acceptors (Lipinski definition) is 4. The van der Waals surface area contributed by atoms with E-state index in [0.29, 0.717) is 19.1 Å². The van der Waals surface area contributed by atoms with Gasteiger partial charge < -0.3 is 20.7 Å². The molecule has 0 amide bonds. The number of aliphatic imine (C=N–C) groups is 1. The van der Waals surface area contributed by atoms with Crippen LogP contribution >= 0.6 is 24.0 Å². The number of nitrogens with zero attached hydrogens (tertiary/aromatic N) is 3. The van der Waals surface area contributed by atoms with Crippen LogP contribution in [0, 0.1) is 6.92 Å². The number of halogens is 1. The van der Waals surface area contributed by atoms with Gasteiger partial charge in [0.1, 0.15) is 11.6 Å². The summed E-state index contributed by atoms with van der Waals surface area (Å²) in [5, 5.41) is 3.36. The van der Waals surface area contributed by atoms with Gasteiger partial charge in [-0.1, -0.05) is 24.3 Å². The highest BCUT2D eigenvalue weighted by molar-refractivity contribution is 14.0. The van der Waals surface area contributed by atoms with Crippen molar-refractivity contribution in [2.45, 2.75) is 38.8 Å². The van der Waals surface area contributed by atoms with E-state index in [-0.39, 0.29) is 30.0 Å². The van der Waals surface area contributed by atoms with Gasteiger partial charge in [-0.2, -0.15) is 0 Å². The van der Waals surface area contributed by atoms with E-state index in [2.05, 4.69) is 27.3 Å². The Labute approximate surface area is 183 Å². The Morgan fingerprint density at radius 1 is 1.25 bits per heavy atom. The third-order valence-corrected chi connectivity index (χ3v) is 5.20. The van der Waals surface area contributed by atoms with Gasteiger partial charge in [0.25, 0.3) is 0 Å². The van der Waals surface area contributed by atoms with Crippen LogP contribution in [0.25, 0.3) is 0 Å².